The Labute approximate surface area is 246 Å². The number of hydrogen-bond acceptors (Lipinski definition) is 5. The van der Waals surface area contributed by atoms with Gasteiger partial charge < -0.3 is 25.2 Å². The zero-order valence-electron chi connectivity index (χ0n) is 24.8. The molecule has 3 atom stereocenters. The van der Waals surface area contributed by atoms with Crippen molar-refractivity contribution in [1.29, 1.82) is 0 Å². The quantitative estimate of drug-likeness (QED) is 0.454. The van der Waals surface area contributed by atoms with Gasteiger partial charge in [-0.15, -0.1) is 0 Å². The fraction of sp³-hybridized carbons (Fsp3) is 0.500. The zero-order valence-corrected chi connectivity index (χ0v) is 24.8. The highest BCUT2D eigenvalue weighted by Gasteiger charge is 2.41. The number of carbonyl (C=O) groups excluding carboxylic acids is 4. The minimum atomic E-state index is -0.680. The van der Waals surface area contributed by atoms with Crippen LogP contribution in [0.4, 0.5) is 19.7 Å². The molecule has 0 radical (unpaired) electrons. The van der Waals surface area contributed by atoms with Crippen LogP contribution in [-0.4, -0.2) is 71.4 Å². The molecule has 2 saturated heterocycles. The topological polar surface area (TPSA) is 108 Å². The monoisotopic (exact) mass is 580 g/mol. The number of amides is 4. The minimum Gasteiger partial charge on any atom is -0.444 e. The van der Waals surface area contributed by atoms with E-state index >= 15 is 0 Å². The number of carbonyl (C=O) groups is 4. The van der Waals surface area contributed by atoms with Crippen LogP contribution in [0.25, 0.3) is 0 Å². The molecule has 2 aromatic rings. The largest absolute Gasteiger partial charge is 0.444 e. The molecule has 10 heteroatoms. The number of ether oxygens (including phenoxy) is 1. The molecule has 226 valence electrons. The first kappa shape index (κ1) is 31.0. The number of Topliss-reactive ketones (excluding diaryl/α,β-unsaturated/α-hetero) is 1. The molecule has 9 nitrogen and oxygen atoms in total. The average Bonchev–Trinajstić information content (AvgIpc) is 2.93. The molecule has 0 spiro atoms. The standard InChI is InChI=1S/C32H41FN4O5/c1-21(38)24-8-5-9-26(18-24)34-30(40)35-28-14-16-37(31(41)42-32(2,3)4)20-27(28)29(39)36-15-6-7-23(19-36)17-22-10-12-25(33)13-11-22/h5,8-13,18,23,27-28H,6-7,14-17,19-20H2,1-4H3,(H2,34,35,40)/t23?,27-,28-/m1/s1. The summed E-state index contributed by atoms with van der Waals surface area (Å²) in [6, 6.07) is 12.1. The second-order valence-electron chi connectivity index (χ2n) is 12.3. The second-order valence-corrected chi connectivity index (χ2v) is 12.3. The van der Waals surface area contributed by atoms with Crippen molar-refractivity contribution in [3.8, 4) is 0 Å². The summed E-state index contributed by atoms with van der Waals surface area (Å²) < 4.78 is 19.0. The lowest BCUT2D eigenvalue weighted by Gasteiger charge is -2.42. The number of nitrogens with zero attached hydrogens (tertiary/aromatic N) is 2. The summed E-state index contributed by atoms with van der Waals surface area (Å²) in [5, 5.41) is 5.72. The molecule has 2 aromatic carbocycles. The van der Waals surface area contributed by atoms with Gasteiger partial charge in [-0.3, -0.25) is 9.59 Å². The molecule has 2 aliphatic rings. The third kappa shape index (κ3) is 8.53. The third-order valence-electron chi connectivity index (χ3n) is 7.69. The van der Waals surface area contributed by atoms with Gasteiger partial charge >= 0.3 is 12.1 Å². The Kier molecular flexibility index (Phi) is 9.85. The molecule has 42 heavy (non-hydrogen) atoms. The number of rotatable bonds is 6. The number of halogens is 1. The fourth-order valence-electron chi connectivity index (χ4n) is 5.64. The summed E-state index contributed by atoms with van der Waals surface area (Å²) >= 11 is 0. The number of piperidine rings is 2. The molecular formula is C32H41FN4O5. The summed E-state index contributed by atoms with van der Waals surface area (Å²) in [6.45, 7) is 8.44. The Morgan fingerprint density at radius 3 is 2.40 bits per heavy atom. The number of anilines is 1. The lowest BCUT2D eigenvalue weighted by Crippen LogP contribution is -2.59. The Bertz CT molecular complexity index is 1290. The first-order valence-electron chi connectivity index (χ1n) is 14.6. The maximum atomic E-state index is 14.0. The molecular weight excluding hydrogens is 539 g/mol. The van der Waals surface area contributed by atoms with E-state index < -0.39 is 29.7 Å². The van der Waals surface area contributed by atoms with Gasteiger partial charge in [0.25, 0.3) is 0 Å². The van der Waals surface area contributed by atoms with Crippen molar-refractivity contribution < 1.29 is 28.3 Å². The van der Waals surface area contributed by atoms with Gasteiger partial charge in [0, 0.05) is 43.5 Å². The summed E-state index contributed by atoms with van der Waals surface area (Å²) in [7, 11) is 0. The molecule has 0 aromatic heterocycles. The van der Waals surface area contributed by atoms with E-state index in [0.717, 1.165) is 24.8 Å². The highest BCUT2D eigenvalue weighted by molar-refractivity contribution is 5.97. The third-order valence-corrected chi connectivity index (χ3v) is 7.69. The van der Waals surface area contributed by atoms with E-state index in [1.807, 2.05) is 4.90 Å². The molecule has 2 heterocycles. The summed E-state index contributed by atoms with van der Waals surface area (Å²) in [6.07, 6.45) is 2.42. The normalized spacial score (nSPS) is 20.9. The van der Waals surface area contributed by atoms with E-state index in [2.05, 4.69) is 10.6 Å². The predicted octanol–water partition coefficient (Wildman–Crippen LogP) is 5.26. The van der Waals surface area contributed by atoms with E-state index in [-0.39, 0.29) is 30.0 Å². The van der Waals surface area contributed by atoms with Crippen LogP contribution in [0, 0.1) is 17.7 Å². The van der Waals surface area contributed by atoms with Gasteiger partial charge in [-0.1, -0.05) is 24.3 Å². The molecule has 4 rings (SSSR count). The van der Waals surface area contributed by atoms with E-state index in [9.17, 15) is 23.6 Å². The highest BCUT2D eigenvalue weighted by Crippen LogP contribution is 2.27. The van der Waals surface area contributed by atoms with Crippen molar-refractivity contribution in [1.82, 2.24) is 15.1 Å². The first-order chi connectivity index (χ1) is 19.9. The first-order valence-corrected chi connectivity index (χ1v) is 14.6. The van der Waals surface area contributed by atoms with Gasteiger partial charge in [-0.2, -0.15) is 0 Å². The zero-order chi connectivity index (χ0) is 30.4. The summed E-state index contributed by atoms with van der Waals surface area (Å²) in [5.74, 6) is -0.943. The fourth-order valence-corrected chi connectivity index (χ4v) is 5.64. The second kappa shape index (κ2) is 13.4. The van der Waals surface area contributed by atoms with Crippen LogP contribution in [0.2, 0.25) is 0 Å². The van der Waals surface area contributed by atoms with Gasteiger partial charge in [-0.05, 0) is 89.1 Å². The number of hydrogen-bond donors (Lipinski definition) is 2. The summed E-state index contributed by atoms with van der Waals surface area (Å²) in [5.41, 5.74) is 1.29. The Morgan fingerprint density at radius 2 is 1.71 bits per heavy atom. The maximum absolute atomic E-state index is 14.0. The van der Waals surface area contributed by atoms with Gasteiger partial charge in [0.15, 0.2) is 5.78 Å². The van der Waals surface area contributed by atoms with Crippen molar-refractivity contribution >= 4 is 29.5 Å². The number of ketones is 1. The smallest absolute Gasteiger partial charge is 0.410 e. The molecule has 2 aliphatic heterocycles. The van der Waals surface area contributed by atoms with E-state index in [4.69, 9.17) is 4.74 Å². The number of nitrogens with one attached hydrogen (secondary N) is 2. The van der Waals surface area contributed by atoms with Crippen LogP contribution in [0.3, 0.4) is 0 Å². The lowest BCUT2D eigenvalue weighted by molar-refractivity contribution is -0.140. The van der Waals surface area contributed by atoms with Crippen LogP contribution in [-0.2, 0) is 16.0 Å². The average molecular weight is 581 g/mol. The van der Waals surface area contributed by atoms with Crippen molar-refractivity contribution in [2.75, 3.05) is 31.5 Å². The van der Waals surface area contributed by atoms with Crippen LogP contribution in [0.5, 0.6) is 0 Å². The number of urea groups is 1. The number of likely N-dealkylation sites (tertiary alicyclic amines) is 2. The van der Waals surface area contributed by atoms with Crippen molar-refractivity contribution in [2.24, 2.45) is 11.8 Å². The molecule has 2 fully saturated rings. The molecule has 4 amide bonds. The van der Waals surface area contributed by atoms with Crippen molar-refractivity contribution in [2.45, 2.75) is 65.0 Å². The van der Waals surface area contributed by atoms with Gasteiger partial charge in [0.1, 0.15) is 11.4 Å². The molecule has 1 unspecified atom stereocenters. The Balaban J connectivity index is 1.47. The SMILES string of the molecule is CC(=O)c1cccc(NC(=O)N[C@@H]2CCN(C(=O)OC(C)(C)C)C[C@H]2C(=O)N2CCCC(Cc3ccc(F)cc3)C2)c1. The molecule has 0 aliphatic carbocycles. The lowest BCUT2D eigenvalue weighted by atomic mass is 9.87. The predicted molar refractivity (Wildman–Crippen MR) is 158 cm³/mol. The summed E-state index contributed by atoms with van der Waals surface area (Å²) in [4.78, 5) is 55.1. The Morgan fingerprint density at radius 1 is 0.976 bits per heavy atom. The van der Waals surface area contributed by atoms with E-state index in [1.54, 1.807) is 62.1 Å². The van der Waals surface area contributed by atoms with Crippen LogP contribution < -0.4 is 10.6 Å². The van der Waals surface area contributed by atoms with Crippen LogP contribution >= 0.6 is 0 Å². The number of benzene rings is 2. The van der Waals surface area contributed by atoms with Crippen LogP contribution in [0.1, 0.15) is 62.9 Å². The van der Waals surface area contributed by atoms with Crippen LogP contribution in [0.15, 0.2) is 48.5 Å². The van der Waals surface area contributed by atoms with Gasteiger partial charge in [-0.25, -0.2) is 14.0 Å². The molecule has 0 saturated carbocycles. The van der Waals surface area contributed by atoms with Crippen molar-refractivity contribution in [3.05, 3.63) is 65.5 Å². The van der Waals surface area contributed by atoms with Gasteiger partial charge in [0.2, 0.25) is 5.91 Å². The maximum Gasteiger partial charge on any atom is 0.410 e. The van der Waals surface area contributed by atoms with Gasteiger partial charge in [0.05, 0.1) is 5.92 Å². The highest BCUT2D eigenvalue weighted by atomic mass is 19.1. The molecule has 2 N–H and O–H groups in total. The van der Waals surface area contributed by atoms with E-state index in [0.29, 0.717) is 37.3 Å². The molecule has 0 bridgehead atoms. The minimum absolute atomic E-state index is 0.113. The van der Waals surface area contributed by atoms with E-state index in [1.165, 1.54) is 19.1 Å². The van der Waals surface area contributed by atoms with Crippen molar-refractivity contribution in [3.63, 3.8) is 0 Å². The Hall–Kier alpha value is -3.95.